The average molecular weight is 306 g/mol. The molecule has 0 aromatic heterocycles. The lowest BCUT2D eigenvalue weighted by molar-refractivity contribution is -0.116. The molecule has 0 spiro atoms. The molecular formula is C12H16F2N2O3S. The fourth-order valence-electron chi connectivity index (χ4n) is 1.56. The molecule has 0 unspecified atom stereocenters. The molecule has 0 saturated heterocycles. The second kappa shape index (κ2) is 7.30. The second-order valence-electron chi connectivity index (χ2n) is 4.10. The topological polar surface area (TPSA) is 89.3 Å². The summed E-state index contributed by atoms with van der Waals surface area (Å²) < 4.78 is 48.1. The molecule has 1 rings (SSSR count). The van der Waals surface area contributed by atoms with Gasteiger partial charge < -0.3 is 11.1 Å². The summed E-state index contributed by atoms with van der Waals surface area (Å²) in [5.74, 6) is -3.96. The van der Waals surface area contributed by atoms with E-state index in [1.165, 1.54) is 18.2 Å². The van der Waals surface area contributed by atoms with Crippen LogP contribution in [0.3, 0.4) is 0 Å². The maximum atomic E-state index is 12.5. The molecule has 112 valence electrons. The third-order valence-electron chi connectivity index (χ3n) is 2.56. The van der Waals surface area contributed by atoms with Crippen molar-refractivity contribution in [3.63, 3.8) is 0 Å². The zero-order chi connectivity index (χ0) is 15.2. The van der Waals surface area contributed by atoms with Crippen molar-refractivity contribution in [2.24, 2.45) is 5.73 Å². The van der Waals surface area contributed by atoms with Crippen molar-refractivity contribution >= 4 is 21.4 Å². The fraction of sp³-hybridized carbons (Fsp3) is 0.417. The van der Waals surface area contributed by atoms with Crippen LogP contribution in [-0.2, 0) is 14.6 Å². The average Bonchev–Trinajstić information content (AvgIpc) is 2.39. The highest BCUT2D eigenvalue weighted by Crippen LogP contribution is 2.26. The highest BCUT2D eigenvalue weighted by atomic mass is 32.2. The smallest absolute Gasteiger partial charge is 0.330 e. The lowest BCUT2D eigenvalue weighted by atomic mass is 10.2. The number of benzene rings is 1. The molecule has 1 amide bonds. The molecule has 20 heavy (non-hydrogen) atoms. The Bertz CT molecular complexity index is 562. The van der Waals surface area contributed by atoms with Crippen LogP contribution in [0.2, 0.25) is 0 Å². The van der Waals surface area contributed by atoms with Gasteiger partial charge in [-0.05, 0) is 31.5 Å². The molecule has 8 heteroatoms. The summed E-state index contributed by atoms with van der Waals surface area (Å²) in [7, 11) is -4.75. The molecule has 0 saturated carbocycles. The van der Waals surface area contributed by atoms with Crippen molar-refractivity contribution in [3.05, 3.63) is 24.3 Å². The predicted molar refractivity (Wildman–Crippen MR) is 71.2 cm³/mol. The van der Waals surface area contributed by atoms with Gasteiger partial charge in [-0.25, -0.2) is 8.42 Å². The molecular weight excluding hydrogens is 290 g/mol. The Balaban J connectivity index is 2.89. The van der Waals surface area contributed by atoms with Crippen LogP contribution in [0.25, 0.3) is 0 Å². The minimum Gasteiger partial charge on any atom is -0.330 e. The van der Waals surface area contributed by atoms with Gasteiger partial charge in [0.1, 0.15) is 0 Å². The molecule has 0 aliphatic heterocycles. The third kappa shape index (κ3) is 4.24. The number of unbranched alkanes of at least 4 members (excludes halogenated alkanes) is 1. The Morgan fingerprint density at radius 1 is 1.25 bits per heavy atom. The first kappa shape index (κ1) is 16.5. The molecule has 1 aromatic carbocycles. The SMILES string of the molecule is NCCCCC(=O)Nc1ccccc1S(=O)(=O)C(F)F. The van der Waals surface area contributed by atoms with E-state index in [9.17, 15) is 22.0 Å². The molecule has 0 radical (unpaired) electrons. The van der Waals surface area contributed by atoms with Crippen LogP contribution < -0.4 is 11.1 Å². The van der Waals surface area contributed by atoms with Gasteiger partial charge in [-0.1, -0.05) is 12.1 Å². The maximum absolute atomic E-state index is 12.5. The molecule has 0 heterocycles. The van der Waals surface area contributed by atoms with E-state index >= 15 is 0 Å². The van der Waals surface area contributed by atoms with Gasteiger partial charge in [-0.3, -0.25) is 4.79 Å². The van der Waals surface area contributed by atoms with Crippen LogP contribution in [0.4, 0.5) is 14.5 Å². The number of nitrogens with two attached hydrogens (primary N) is 1. The highest BCUT2D eigenvalue weighted by Gasteiger charge is 2.29. The summed E-state index contributed by atoms with van der Waals surface area (Å²) in [4.78, 5) is 11.0. The number of hydrogen-bond acceptors (Lipinski definition) is 4. The molecule has 0 fully saturated rings. The number of anilines is 1. The molecule has 1 aromatic rings. The zero-order valence-electron chi connectivity index (χ0n) is 10.7. The summed E-state index contributed by atoms with van der Waals surface area (Å²) in [6.45, 7) is 0.448. The third-order valence-corrected chi connectivity index (χ3v) is 4.00. The summed E-state index contributed by atoms with van der Waals surface area (Å²) in [5.41, 5.74) is 5.15. The standard InChI is InChI=1S/C12H16F2N2O3S/c13-12(14)20(18,19)10-6-2-1-5-9(10)16-11(17)7-3-4-8-15/h1-2,5-6,12H,3-4,7-8,15H2,(H,16,17). The molecule has 0 aliphatic carbocycles. The monoisotopic (exact) mass is 306 g/mol. The lowest BCUT2D eigenvalue weighted by Crippen LogP contribution is -2.17. The second-order valence-corrected chi connectivity index (χ2v) is 5.98. The van der Waals surface area contributed by atoms with Gasteiger partial charge in [0.15, 0.2) is 0 Å². The summed E-state index contributed by atoms with van der Waals surface area (Å²) >= 11 is 0. The minimum absolute atomic E-state index is 0.134. The van der Waals surface area contributed by atoms with Crippen LogP contribution in [0.15, 0.2) is 29.2 Å². The molecule has 0 bridgehead atoms. The van der Waals surface area contributed by atoms with Gasteiger partial charge in [0.05, 0.1) is 10.6 Å². The normalized spacial score (nSPS) is 11.6. The van der Waals surface area contributed by atoms with E-state index in [1.807, 2.05) is 0 Å². The number of sulfone groups is 1. The van der Waals surface area contributed by atoms with Gasteiger partial charge in [-0.2, -0.15) is 8.78 Å². The number of halogens is 2. The number of alkyl halides is 2. The number of amides is 1. The number of carbonyl (C=O) groups is 1. The van der Waals surface area contributed by atoms with Crippen LogP contribution in [0.5, 0.6) is 0 Å². The van der Waals surface area contributed by atoms with Crippen LogP contribution in [0.1, 0.15) is 19.3 Å². The number of hydrogen-bond donors (Lipinski definition) is 2. The fourth-order valence-corrected chi connectivity index (χ4v) is 2.44. The van der Waals surface area contributed by atoms with E-state index in [2.05, 4.69) is 5.32 Å². The van der Waals surface area contributed by atoms with Gasteiger partial charge in [0.25, 0.3) is 0 Å². The predicted octanol–water partition coefficient (Wildman–Crippen LogP) is 1.75. The van der Waals surface area contributed by atoms with E-state index in [-0.39, 0.29) is 12.1 Å². The van der Waals surface area contributed by atoms with Gasteiger partial charge in [0.2, 0.25) is 15.7 Å². The minimum atomic E-state index is -4.75. The Kier molecular flexibility index (Phi) is 6.03. The van der Waals surface area contributed by atoms with E-state index in [0.29, 0.717) is 19.4 Å². The molecule has 3 N–H and O–H groups in total. The Hall–Kier alpha value is -1.54. The van der Waals surface area contributed by atoms with Gasteiger partial charge in [-0.15, -0.1) is 0 Å². The molecule has 5 nitrogen and oxygen atoms in total. The number of rotatable bonds is 7. The first-order valence-corrected chi connectivity index (χ1v) is 7.55. The lowest BCUT2D eigenvalue weighted by Gasteiger charge is -2.11. The highest BCUT2D eigenvalue weighted by molar-refractivity contribution is 7.91. The van der Waals surface area contributed by atoms with E-state index < -0.39 is 26.4 Å². The molecule has 0 atom stereocenters. The van der Waals surface area contributed by atoms with Gasteiger partial charge in [0, 0.05) is 6.42 Å². The van der Waals surface area contributed by atoms with Crippen LogP contribution >= 0.6 is 0 Å². The van der Waals surface area contributed by atoms with Crippen molar-refractivity contribution in [3.8, 4) is 0 Å². The summed E-state index contributed by atoms with van der Waals surface area (Å²) in [6.07, 6.45) is 1.36. The van der Waals surface area contributed by atoms with Crippen molar-refractivity contribution in [2.45, 2.75) is 29.9 Å². The zero-order valence-corrected chi connectivity index (χ0v) is 11.5. The van der Waals surface area contributed by atoms with E-state index in [1.54, 1.807) is 0 Å². The largest absolute Gasteiger partial charge is 0.341 e. The van der Waals surface area contributed by atoms with Crippen LogP contribution in [0, 0.1) is 0 Å². The van der Waals surface area contributed by atoms with Crippen molar-refractivity contribution < 1.29 is 22.0 Å². The van der Waals surface area contributed by atoms with Gasteiger partial charge >= 0.3 is 5.76 Å². The Morgan fingerprint density at radius 2 is 1.90 bits per heavy atom. The quantitative estimate of drug-likeness (QED) is 0.751. The first-order valence-electron chi connectivity index (χ1n) is 6.00. The Morgan fingerprint density at radius 3 is 2.50 bits per heavy atom. The van der Waals surface area contributed by atoms with Crippen molar-refractivity contribution in [1.29, 1.82) is 0 Å². The van der Waals surface area contributed by atoms with Crippen LogP contribution in [-0.4, -0.2) is 26.6 Å². The number of carbonyl (C=O) groups excluding carboxylic acids is 1. The molecule has 0 aliphatic rings. The van der Waals surface area contributed by atoms with Crippen molar-refractivity contribution in [2.75, 3.05) is 11.9 Å². The van der Waals surface area contributed by atoms with E-state index in [4.69, 9.17) is 5.73 Å². The van der Waals surface area contributed by atoms with E-state index in [0.717, 1.165) is 6.07 Å². The Labute approximate surface area is 116 Å². The number of nitrogens with one attached hydrogen (secondary N) is 1. The van der Waals surface area contributed by atoms with Crippen molar-refractivity contribution in [1.82, 2.24) is 0 Å². The first-order chi connectivity index (χ1) is 9.39. The number of para-hydroxylation sites is 1. The summed E-state index contributed by atoms with van der Waals surface area (Å²) in [6, 6.07) is 5.09. The maximum Gasteiger partial charge on any atom is 0.341 e. The summed E-state index contributed by atoms with van der Waals surface area (Å²) in [5, 5.41) is 2.34.